The summed E-state index contributed by atoms with van der Waals surface area (Å²) >= 11 is 1.18. The van der Waals surface area contributed by atoms with Crippen LogP contribution in [0.2, 0.25) is 0 Å². The van der Waals surface area contributed by atoms with Crippen LogP contribution < -0.4 is 0 Å². The van der Waals surface area contributed by atoms with E-state index >= 15 is 0 Å². The number of hydrogen-bond donors (Lipinski definition) is 0. The Morgan fingerprint density at radius 2 is 2.36 bits per heavy atom. The van der Waals surface area contributed by atoms with Crippen molar-refractivity contribution in [2.75, 3.05) is 13.6 Å². The van der Waals surface area contributed by atoms with Gasteiger partial charge in [-0.05, 0) is 11.4 Å². The topological polar surface area (TPSA) is 61.2 Å². The standard InChI is InChI=1S/C8H10N2O2S2/c1-10(6-3-5-9)14(11,12)8-4-2-7-13-8/h2,4,7H,3,6H2,1H3. The Kier molecular flexibility index (Phi) is 3.63. The highest BCUT2D eigenvalue weighted by molar-refractivity contribution is 7.91. The zero-order valence-electron chi connectivity index (χ0n) is 7.67. The van der Waals surface area contributed by atoms with E-state index in [4.69, 9.17) is 5.26 Å². The van der Waals surface area contributed by atoms with Crippen LogP contribution >= 0.6 is 11.3 Å². The van der Waals surface area contributed by atoms with E-state index in [1.165, 1.54) is 22.7 Å². The molecule has 0 unspecified atom stereocenters. The molecule has 0 atom stereocenters. The van der Waals surface area contributed by atoms with E-state index in [0.29, 0.717) is 4.21 Å². The lowest BCUT2D eigenvalue weighted by atomic mass is 10.5. The molecule has 0 aromatic carbocycles. The fourth-order valence-corrected chi connectivity index (χ4v) is 3.26. The molecule has 0 N–H and O–H groups in total. The van der Waals surface area contributed by atoms with Crippen LogP contribution in [-0.2, 0) is 10.0 Å². The van der Waals surface area contributed by atoms with Crippen molar-refractivity contribution in [3.05, 3.63) is 17.5 Å². The molecular weight excluding hydrogens is 220 g/mol. The number of hydrogen-bond acceptors (Lipinski definition) is 4. The Morgan fingerprint density at radius 3 is 2.86 bits per heavy atom. The van der Waals surface area contributed by atoms with Crippen molar-refractivity contribution < 1.29 is 8.42 Å². The van der Waals surface area contributed by atoms with Crippen molar-refractivity contribution in [2.45, 2.75) is 10.6 Å². The summed E-state index contributed by atoms with van der Waals surface area (Å²) in [6.45, 7) is 0.233. The maximum Gasteiger partial charge on any atom is 0.252 e. The van der Waals surface area contributed by atoms with Crippen LogP contribution in [0.3, 0.4) is 0 Å². The van der Waals surface area contributed by atoms with E-state index < -0.39 is 10.0 Å². The minimum Gasteiger partial charge on any atom is -0.206 e. The number of sulfonamides is 1. The fraction of sp³-hybridized carbons (Fsp3) is 0.375. The maximum atomic E-state index is 11.7. The van der Waals surface area contributed by atoms with Crippen molar-refractivity contribution in [3.8, 4) is 6.07 Å². The summed E-state index contributed by atoms with van der Waals surface area (Å²) in [5.74, 6) is 0. The van der Waals surface area contributed by atoms with Gasteiger partial charge < -0.3 is 0 Å². The van der Waals surface area contributed by atoms with E-state index in [1.807, 2.05) is 6.07 Å². The summed E-state index contributed by atoms with van der Waals surface area (Å²) in [7, 11) is -1.89. The smallest absolute Gasteiger partial charge is 0.206 e. The van der Waals surface area contributed by atoms with Crippen molar-refractivity contribution in [1.29, 1.82) is 5.26 Å². The lowest BCUT2D eigenvalue weighted by Gasteiger charge is -2.13. The Labute approximate surface area is 87.4 Å². The number of thiophene rings is 1. The number of rotatable bonds is 4. The summed E-state index contributed by atoms with van der Waals surface area (Å²) < 4.78 is 25.0. The molecule has 6 heteroatoms. The second-order valence-corrected chi connectivity index (χ2v) is 5.89. The van der Waals surface area contributed by atoms with Crippen LogP contribution in [0.4, 0.5) is 0 Å². The lowest BCUT2D eigenvalue weighted by molar-refractivity contribution is 0.478. The summed E-state index contributed by atoms with van der Waals surface area (Å²) in [5, 5.41) is 10.1. The molecule has 0 bridgehead atoms. The van der Waals surface area contributed by atoms with Gasteiger partial charge in [0.2, 0.25) is 0 Å². The predicted molar refractivity (Wildman–Crippen MR) is 54.4 cm³/mol. The van der Waals surface area contributed by atoms with E-state index in [9.17, 15) is 8.42 Å². The first-order chi connectivity index (χ1) is 6.59. The lowest BCUT2D eigenvalue weighted by Crippen LogP contribution is -2.27. The van der Waals surface area contributed by atoms with Gasteiger partial charge in [-0.3, -0.25) is 0 Å². The highest BCUT2D eigenvalue weighted by Crippen LogP contribution is 2.19. The quantitative estimate of drug-likeness (QED) is 0.782. The molecule has 76 valence electrons. The third kappa shape index (κ3) is 2.32. The molecule has 1 aromatic heterocycles. The predicted octanol–water partition coefficient (Wildman–Crippen LogP) is 1.28. The first kappa shape index (κ1) is 11.2. The molecule has 0 saturated carbocycles. The van der Waals surface area contributed by atoms with Crippen LogP contribution in [-0.4, -0.2) is 26.3 Å². The fourth-order valence-electron chi connectivity index (χ4n) is 0.891. The molecule has 0 aliphatic rings. The van der Waals surface area contributed by atoms with Gasteiger partial charge in [0.25, 0.3) is 10.0 Å². The second-order valence-electron chi connectivity index (χ2n) is 2.67. The number of nitrogens with zero attached hydrogens (tertiary/aromatic N) is 2. The van der Waals surface area contributed by atoms with Crippen LogP contribution in [0.1, 0.15) is 6.42 Å². The first-order valence-corrected chi connectivity index (χ1v) is 6.28. The Morgan fingerprint density at radius 1 is 1.64 bits per heavy atom. The molecule has 1 rings (SSSR count). The maximum absolute atomic E-state index is 11.7. The van der Waals surface area contributed by atoms with Crippen LogP contribution in [0, 0.1) is 11.3 Å². The molecule has 4 nitrogen and oxygen atoms in total. The molecule has 0 aliphatic carbocycles. The first-order valence-electron chi connectivity index (χ1n) is 3.96. The van der Waals surface area contributed by atoms with Gasteiger partial charge in [0, 0.05) is 20.0 Å². The van der Waals surface area contributed by atoms with Gasteiger partial charge in [0.1, 0.15) is 4.21 Å². The highest BCUT2D eigenvalue weighted by Gasteiger charge is 2.20. The van der Waals surface area contributed by atoms with E-state index in [-0.39, 0.29) is 13.0 Å². The molecule has 0 saturated heterocycles. The molecule has 14 heavy (non-hydrogen) atoms. The Balaban J connectivity index is 2.82. The molecule has 0 radical (unpaired) electrons. The van der Waals surface area contributed by atoms with Crippen molar-refractivity contribution in [3.63, 3.8) is 0 Å². The zero-order valence-corrected chi connectivity index (χ0v) is 9.31. The molecular formula is C8H10N2O2S2. The van der Waals surface area contributed by atoms with Gasteiger partial charge in [-0.25, -0.2) is 8.42 Å². The molecule has 0 amide bonds. The van der Waals surface area contributed by atoms with Crippen molar-refractivity contribution in [2.24, 2.45) is 0 Å². The van der Waals surface area contributed by atoms with E-state index in [1.54, 1.807) is 17.5 Å². The summed E-state index contributed by atoms with van der Waals surface area (Å²) in [6.07, 6.45) is 0.209. The zero-order chi connectivity index (χ0) is 10.6. The van der Waals surface area contributed by atoms with Gasteiger partial charge in [-0.2, -0.15) is 9.57 Å². The third-order valence-corrected chi connectivity index (χ3v) is 4.93. The molecule has 1 heterocycles. The average molecular weight is 230 g/mol. The highest BCUT2D eigenvalue weighted by atomic mass is 32.2. The summed E-state index contributed by atoms with van der Waals surface area (Å²) in [4.78, 5) is 0. The second kappa shape index (κ2) is 4.55. The largest absolute Gasteiger partial charge is 0.252 e. The molecule has 0 spiro atoms. The Bertz CT molecular complexity index is 417. The van der Waals surface area contributed by atoms with Crippen molar-refractivity contribution in [1.82, 2.24) is 4.31 Å². The van der Waals surface area contributed by atoms with E-state index in [0.717, 1.165) is 0 Å². The van der Waals surface area contributed by atoms with Gasteiger partial charge in [-0.15, -0.1) is 11.3 Å². The summed E-state index contributed by atoms with van der Waals surface area (Å²) in [6, 6.07) is 5.16. The van der Waals surface area contributed by atoms with Gasteiger partial charge in [-0.1, -0.05) is 6.07 Å². The van der Waals surface area contributed by atoms with Crippen LogP contribution in [0.15, 0.2) is 21.7 Å². The number of nitriles is 1. The van der Waals surface area contributed by atoms with Crippen LogP contribution in [0.25, 0.3) is 0 Å². The Hall–Kier alpha value is -0.900. The summed E-state index contributed by atoms with van der Waals surface area (Å²) in [5.41, 5.74) is 0. The minimum absolute atomic E-state index is 0.209. The van der Waals surface area contributed by atoms with Crippen LogP contribution in [0.5, 0.6) is 0 Å². The van der Waals surface area contributed by atoms with Gasteiger partial charge >= 0.3 is 0 Å². The SMILES string of the molecule is CN(CCC#N)S(=O)(=O)c1cccs1. The average Bonchev–Trinajstić information content (AvgIpc) is 2.67. The van der Waals surface area contributed by atoms with Gasteiger partial charge in [0.05, 0.1) is 6.07 Å². The molecule has 0 fully saturated rings. The third-order valence-electron chi connectivity index (χ3n) is 1.70. The van der Waals surface area contributed by atoms with E-state index in [2.05, 4.69) is 0 Å². The normalized spacial score (nSPS) is 11.5. The molecule has 1 aromatic rings. The minimum atomic E-state index is -3.37. The monoisotopic (exact) mass is 230 g/mol. The molecule has 0 aliphatic heterocycles. The van der Waals surface area contributed by atoms with Gasteiger partial charge in [0.15, 0.2) is 0 Å². The van der Waals surface area contributed by atoms with Crippen molar-refractivity contribution >= 4 is 21.4 Å².